The van der Waals surface area contributed by atoms with Gasteiger partial charge in [0, 0.05) is 6.08 Å². The van der Waals surface area contributed by atoms with E-state index in [1.54, 1.807) is 19.1 Å². The maximum absolute atomic E-state index is 10.2. The molecule has 0 saturated carbocycles. The summed E-state index contributed by atoms with van der Waals surface area (Å²) in [5.74, 6) is -0.262. The molecule has 1 unspecified atom stereocenters. The second kappa shape index (κ2) is 5.05. The Labute approximate surface area is 87.4 Å². The van der Waals surface area contributed by atoms with Crippen LogP contribution in [0.3, 0.4) is 0 Å². The smallest absolute Gasteiger partial charge is 0.328 e. The fourth-order valence-corrected chi connectivity index (χ4v) is 0.996. The highest BCUT2D eigenvalue weighted by molar-refractivity contribution is 5.79. The van der Waals surface area contributed by atoms with Gasteiger partial charge >= 0.3 is 5.97 Å². The highest BCUT2D eigenvalue weighted by Crippen LogP contribution is 2.17. The number of aromatic hydroxyl groups is 1. The van der Waals surface area contributed by atoms with Crippen LogP contribution in [0.2, 0.25) is 0 Å². The van der Waals surface area contributed by atoms with Crippen LogP contribution in [0.5, 0.6) is 11.5 Å². The molecule has 0 heterocycles. The zero-order valence-electron chi connectivity index (χ0n) is 8.25. The van der Waals surface area contributed by atoms with Gasteiger partial charge in [-0.15, -0.1) is 0 Å². The Balaban J connectivity index is 2.54. The molecule has 0 bridgehead atoms. The average Bonchev–Trinajstić information content (AvgIpc) is 2.19. The van der Waals surface area contributed by atoms with Crippen LogP contribution in [0, 0.1) is 0 Å². The number of phenols is 1. The molecular weight excluding hydrogens is 196 g/mol. The molecule has 1 aromatic carbocycles. The van der Waals surface area contributed by atoms with Crippen LogP contribution < -0.4 is 4.74 Å². The van der Waals surface area contributed by atoms with Gasteiger partial charge in [0.1, 0.15) is 17.6 Å². The van der Waals surface area contributed by atoms with Gasteiger partial charge in [0.15, 0.2) is 0 Å². The molecule has 4 heteroatoms. The lowest BCUT2D eigenvalue weighted by molar-refractivity contribution is -0.131. The third kappa shape index (κ3) is 4.17. The van der Waals surface area contributed by atoms with E-state index in [0.29, 0.717) is 5.75 Å². The summed E-state index contributed by atoms with van der Waals surface area (Å²) in [6.07, 6.45) is 2.14. The van der Waals surface area contributed by atoms with Gasteiger partial charge in [-0.25, -0.2) is 4.79 Å². The number of carboxylic acid groups (broad SMARTS) is 1. The molecule has 80 valence electrons. The highest BCUT2D eigenvalue weighted by Gasteiger charge is 2.00. The predicted octanol–water partition coefficient (Wildman–Crippen LogP) is 1.80. The second-order valence-electron chi connectivity index (χ2n) is 3.01. The lowest BCUT2D eigenvalue weighted by Gasteiger charge is -2.10. The van der Waals surface area contributed by atoms with E-state index in [1.165, 1.54) is 18.2 Å². The Morgan fingerprint density at radius 3 is 2.53 bits per heavy atom. The number of hydrogen-bond donors (Lipinski definition) is 2. The lowest BCUT2D eigenvalue weighted by atomic mass is 10.3. The molecular formula is C11H12O4. The first-order valence-corrected chi connectivity index (χ1v) is 4.45. The van der Waals surface area contributed by atoms with Crippen molar-refractivity contribution >= 4 is 5.97 Å². The zero-order chi connectivity index (χ0) is 11.3. The fraction of sp³-hybridized carbons (Fsp3) is 0.182. The van der Waals surface area contributed by atoms with Crippen LogP contribution in [-0.4, -0.2) is 22.3 Å². The number of aliphatic carboxylic acids is 1. The lowest BCUT2D eigenvalue weighted by Crippen LogP contribution is -2.08. The van der Waals surface area contributed by atoms with Crippen molar-refractivity contribution < 1.29 is 19.7 Å². The number of hydrogen-bond acceptors (Lipinski definition) is 3. The van der Waals surface area contributed by atoms with Crippen molar-refractivity contribution in [2.24, 2.45) is 0 Å². The SMILES string of the molecule is CC(C=CC(=O)O)Oc1ccc(O)cc1. The van der Waals surface area contributed by atoms with Crippen LogP contribution in [-0.2, 0) is 4.79 Å². The summed E-state index contributed by atoms with van der Waals surface area (Å²) >= 11 is 0. The number of carbonyl (C=O) groups is 1. The van der Waals surface area contributed by atoms with Gasteiger partial charge in [-0.1, -0.05) is 0 Å². The fourth-order valence-electron chi connectivity index (χ4n) is 0.996. The third-order valence-electron chi connectivity index (χ3n) is 1.67. The molecule has 1 aromatic rings. The standard InChI is InChI=1S/C11H12O4/c1-8(2-7-11(13)14)15-10-5-3-9(12)4-6-10/h2-8,12H,1H3,(H,13,14). The molecule has 0 radical (unpaired) electrons. The maximum Gasteiger partial charge on any atom is 0.328 e. The van der Waals surface area contributed by atoms with Crippen LogP contribution in [0.15, 0.2) is 36.4 Å². The van der Waals surface area contributed by atoms with Crippen molar-refractivity contribution in [3.05, 3.63) is 36.4 Å². The van der Waals surface area contributed by atoms with E-state index in [0.717, 1.165) is 6.08 Å². The molecule has 1 atom stereocenters. The summed E-state index contributed by atoms with van der Waals surface area (Å²) in [5, 5.41) is 17.4. The second-order valence-corrected chi connectivity index (χ2v) is 3.01. The van der Waals surface area contributed by atoms with Gasteiger partial charge in [-0.3, -0.25) is 0 Å². The first-order chi connectivity index (χ1) is 7.08. The number of ether oxygens (including phenoxy) is 1. The van der Waals surface area contributed by atoms with Gasteiger partial charge in [0.25, 0.3) is 0 Å². The minimum absolute atomic E-state index is 0.163. The predicted molar refractivity (Wildman–Crippen MR) is 55.0 cm³/mol. The third-order valence-corrected chi connectivity index (χ3v) is 1.67. The van der Waals surface area contributed by atoms with Crippen molar-refractivity contribution in [3.63, 3.8) is 0 Å². The topological polar surface area (TPSA) is 66.8 Å². The van der Waals surface area contributed by atoms with Gasteiger partial charge in [0.05, 0.1) is 0 Å². The zero-order valence-corrected chi connectivity index (χ0v) is 8.25. The Morgan fingerprint density at radius 1 is 1.40 bits per heavy atom. The van der Waals surface area contributed by atoms with Crippen LogP contribution in [0.1, 0.15) is 6.92 Å². The van der Waals surface area contributed by atoms with Crippen molar-refractivity contribution in [2.75, 3.05) is 0 Å². The summed E-state index contributed by atoms with van der Waals surface area (Å²) in [7, 11) is 0. The Kier molecular flexibility index (Phi) is 3.74. The van der Waals surface area contributed by atoms with Crippen molar-refractivity contribution in [1.82, 2.24) is 0 Å². The van der Waals surface area contributed by atoms with Gasteiger partial charge in [-0.05, 0) is 37.3 Å². The van der Waals surface area contributed by atoms with Gasteiger partial charge in [0.2, 0.25) is 0 Å². The van der Waals surface area contributed by atoms with Crippen LogP contribution in [0.4, 0.5) is 0 Å². The maximum atomic E-state index is 10.2. The van der Waals surface area contributed by atoms with E-state index < -0.39 is 5.97 Å². The number of carboxylic acids is 1. The van der Waals surface area contributed by atoms with Gasteiger partial charge in [-0.2, -0.15) is 0 Å². The first kappa shape index (κ1) is 11.1. The molecule has 0 aliphatic heterocycles. The Morgan fingerprint density at radius 2 is 2.00 bits per heavy atom. The van der Waals surface area contributed by atoms with Gasteiger partial charge < -0.3 is 14.9 Å². The molecule has 0 amide bonds. The van der Waals surface area contributed by atoms with E-state index in [2.05, 4.69) is 0 Å². The van der Waals surface area contributed by atoms with E-state index in [9.17, 15) is 4.79 Å². The quantitative estimate of drug-likeness (QED) is 0.740. The number of rotatable bonds is 4. The summed E-state index contributed by atoms with van der Waals surface area (Å²) in [6, 6.07) is 6.23. The number of phenolic OH excluding ortho intramolecular Hbond substituents is 1. The van der Waals surface area contributed by atoms with E-state index in [1.807, 2.05) is 0 Å². The van der Waals surface area contributed by atoms with E-state index in [4.69, 9.17) is 14.9 Å². The minimum atomic E-state index is -1.00. The molecule has 0 spiro atoms. The van der Waals surface area contributed by atoms with E-state index in [-0.39, 0.29) is 11.9 Å². The summed E-state index contributed by atoms with van der Waals surface area (Å²) in [5.41, 5.74) is 0. The Bertz CT molecular complexity index is 353. The molecule has 0 fully saturated rings. The normalized spacial score (nSPS) is 12.6. The average molecular weight is 208 g/mol. The molecule has 1 rings (SSSR count). The highest BCUT2D eigenvalue weighted by atomic mass is 16.5. The van der Waals surface area contributed by atoms with Crippen molar-refractivity contribution in [2.45, 2.75) is 13.0 Å². The summed E-state index contributed by atoms with van der Waals surface area (Å²) in [4.78, 5) is 10.2. The van der Waals surface area contributed by atoms with Crippen molar-refractivity contribution in [3.8, 4) is 11.5 Å². The molecule has 2 N–H and O–H groups in total. The van der Waals surface area contributed by atoms with Crippen LogP contribution >= 0.6 is 0 Å². The summed E-state index contributed by atoms with van der Waals surface area (Å²) < 4.78 is 5.36. The molecule has 4 nitrogen and oxygen atoms in total. The molecule has 0 aliphatic rings. The largest absolute Gasteiger partial charge is 0.508 e. The minimum Gasteiger partial charge on any atom is -0.508 e. The van der Waals surface area contributed by atoms with Crippen LogP contribution in [0.25, 0.3) is 0 Å². The molecule has 0 aliphatic carbocycles. The van der Waals surface area contributed by atoms with Crippen molar-refractivity contribution in [1.29, 1.82) is 0 Å². The first-order valence-electron chi connectivity index (χ1n) is 4.45. The molecule has 15 heavy (non-hydrogen) atoms. The molecule has 0 aromatic heterocycles. The monoisotopic (exact) mass is 208 g/mol. The molecule has 0 saturated heterocycles. The Hall–Kier alpha value is -1.97. The van der Waals surface area contributed by atoms with E-state index >= 15 is 0 Å². The number of benzene rings is 1. The summed E-state index contributed by atoms with van der Waals surface area (Å²) in [6.45, 7) is 1.73.